The summed E-state index contributed by atoms with van der Waals surface area (Å²) in [7, 11) is 1.26. The van der Waals surface area contributed by atoms with Crippen LogP contribution in [0.15, 0.2) is 53.2 Å². The van der Waals surface area contributed by atoms with E-state index in [1.54, 1.807) is 31.2 Å². The van der Waals surface area contributed by atoms with Crippen molar-refractivity contribution in [2.75, 3.05) is 20.3 Å². The number of nitro benzene ring substituents is 1. The van der Waals surface area contributed by atoms with Gasteiger partial charge in [0.25, 0.3) is 5.69 Å². The Bertz CT molecular complexity index is 1090. The largest absolute Gasteiger partial charge is 0.490 e. The minimum atomic E-state index is -0.689. The molecule has 2 aromatic carbocycles. The molecule has 0 N–H and O–H groups in total. The monoisotopic (exact) mass is 426 g/mol. The van der Waals surface area contributed by atoms with Gasteiger partial charge in [0, 0.05) is 17.7 Å². The zero-order valence-electron chi connectivity index (χ0n) is 16.7. The minimum absolute atomic E-state index is 0.0205. The lowest BCUT2D eigenvalue weighted by Crippen LogP contribution is -2.13. The van der Waals surface area contributed by atoms with Gasteiger partial charge in [0.1, 0.15) is 0 Å². The average molecular weight is 426 g/mol. The lowest BCUT2D eigenvalue weighted by molar-refractivity contribution is -0.384. The van der Waals surface area contributed by atoms with Crippen molar-refractivity contribution in [3.63, 3.8) is 0 Å². The number of hydrogen-bond acceptors (Lipinski definition) is 9. The summed E-state index contributed by atoms with van der Waals surface area (Å²) in [4.78, 5) is 38.1. The fourth-order valence-corrected chi connectivity index (χ4v) is 2.64. The molecule has 0 saturated heterocycles. The van der Waals surface area contributed by atoms with Crippen molar-refractivity contribution in [2.45, 2.75) is 6.92 Å². The Hall–Kier alpha value is -4.21. The Morgan fingerprint density at radius 1 is 1.19 bits per heavy atom. The molecule has 1 aliphatic rings. The first-order chi connectivity index (χ1) is 14.9. The number of nitro groups is 1. The Morgan fingerprint density at radius 3 is 2.71 bits per heavy atom. The first-order valence-corrected chi connectivity index (χ1v) is 9.15. The van der Waals surface area contributed by atoms with Gasteiger partial charge in [0.15, 0.2) is 23.8 Å². The molecule has 0 aromatic heterocycles. The number of benzene rings is 2. The number of ether oxygens (including phenoxy) is 4. The van der Waals surface area contributed by atoms with Crippen LogP contribution in [0.2, 0.25) is 0 Å². The number of hydrogen-bond donors (Lipinski definition) is 0. The SMILES string of the molecule is CCOc1cc(/C=C2\N=C(c3cccc([N+](=O)[O-])c3)OC2=O)ccc1OCC(=O)OC. The lowest BCUT2D eigenvalue weighted by atomic mass is 10.1. The molecule has 0 atom stereocenters. The molecule has 1 aliphatic heterocycles. The summed E-state index contributed by atoms with van der Waals surface area (Å²) in [5.74, 6) is -0.543. The van der Waals surface area contributed by atoms with Crippen LogP contribution >= 0.6 is 0 Å². The summed E-state index contributed by atoms with van der Waals surface area (Å²) in [6.07, 6.45) is 1.49. The van der Waals surface area contributed by atoms with Crippen LogP contribution in [0.25, 0.3) is 6.08 Å². The molecule has 160 valence electrons. The Balaban J connectivity index is 1.87. The number of esters is 2. The molecule has 2 aromatic rings. The quantitative estimate of drug-likeness (QED) is 0.273. The predicted octanol–water partition coefficient (Wildman–Crippen LogP) is 2.89. The lowest BCUT2D eigenvalue weighted by Gasteiger charge is -2.11. The third kappa shape index (κ3) is 5.24. The molecule has 0 unspecified atom stereocenters. The highest BCUT2D eigenvalue weighted by Gasteiger charge is 2.25. The van der Waals surface area contributed by atoms with Gasteiger partial charge in [0.05, 0.1) is 18.6 Å². The highest BCUT2D eigenvalue weighted by molar-refractivity contribution is 6.13. The molecular formula is C21H18N2O8. The van der Waals surface area contributed by atoms with Crippen molar-refractivity contribution < 1.29 is 33.5 Å². The first kappa shape index (κ1) is 21.5. The summed E-state index contributed by atoms with van der Waals surface area (Å²) in [5.41, 5.74) is 0.766. The van der Waals surface area contributed by atoms with Gasteiger partial charge >= 0.3 is 11.9 Å². The van der Waals surface area contributed by atoms with Crippen molar-refractivity contribution >= 4 is 29.6 Å². The maximum Gasteiger partial charge on any atom is 0.363 e. The summed E-state index contributed by atoms with van der Waals surface area (Å²) in [6.45, 7) is 1.87. The van der Waals surface area contributed by atoms with Crippen molar-refractivity contribution in [2.24, 2.45) is 4.99 Å². The van der Waals surface area contributed by atoms with E-state index in [9.17, 15) is 19.7 Å². The maximum atomic E-state index is 12.2. The standard InChI is InChI=1S/C21H18N2O8/c1-3-29-18-10-13(7-8-17(18)30-12-19(24)28-2)9-16-21(25)31-20(22-16)14-5-4-6-15(11-14)23(26)27/h4-11H,3,12H2,1-2H3/b16-9-. The molecule has 0 fully saturated rings. The van der Waals surface area contributed by atoms with E-state index in [-0.39, 0.29) is 23.9 Å². The number of cyclic esters (lactones) is 1. The number of carbonyl (C=O) groups is 2. The fourth-order valence-electron chi connectivity index (χ4n) is 2.64. The van der Waals surface area contributed by atoms with Crippen LogP contribution in [0.5, 0.6) is 11.5 Å². The van der Waals surface area contributed by atoms with Crippen LogP contribution in [0.4, 0.5) is 5.69 Å². The normalized spacial score (nSPS) is 14.1. The van der Waals surface area contributed by atoms with E-state index in [4.69, 9.17) is 14.2 Å². The molecule has 3 rings (SSSR count). The van der Waals surface area contributed by atoms with Crippen LogP contribution < -0.4 is 9.47 Å². The highest BCUT2D eigenvalue weighted by atomic mass is 16.6. The van der Waals surface area contributed by atoms with Crippen LogP contribution in [0.3, 0.4) is 0 Å². The summed E-state index contributed by atoms with van der Waals surface area (Å²) in [6, 6.07) is 10.5. The van der Waals surface area contributed by atoms with Gasteiger partial charge in [-0.05, 0) is 36.8 Å². The molecule has 10 nitrogen and oxygen atoms in total. The van der Waals surface area contributed by atoms with E-state index in [0.717, 1.165) is 0 Å². The summed E-state index contributed by atoms with van der Waals surface area (Å²) in [5, 5.41) is 11.0. The number of aliphatic imine (C=N–C) groups is 1. The Kier molecular flexibility index (Phi) is 6.61. The molecule has 31 heavy (non-hydrogen) atoms. The van der Waals surface area contributed by atoms with E-state index < -0.39 is 16.9 Å². The number of rotatable bonds is 8. The van der Waals surface area contributed by atoms with Gasteiger partial charge in [-0.15, -0.1) is 0 Å². The van der Waals surface area contributed by atoms with Crippen molar-refractivity contribution in [3.8, 4) is 11.5 Å². The molecule has 0 saturated carbocycles. The molecular weight excluding hydrogens is 408 g/mol. The Labute approximate surface area is 176 Å². The molecule has 0 spiro atoms. The van der Waals surface area contributed by atoms with E-state index in [1.165, 1.54) is 31.4 Å². The van der Waals surface area contributed by atoms with Crippen LogP contribution in [0, 0.1) is 10.1 Å². The average Bonchev–Trinajstić information content (AvgIpc) is 3.13. The number of non-ortho nitro benzene ring substituents is 1. The fraction of sp³-hybridized carbons (Fsp3) is 0.190. The molecule has 0 bridgehead atoms. The topological polar surface area (TPSA) is 127 Å². The van der Waals surface area contributed by atoms with Crippen LogP contribution in [-0.4, -0.2) is 43.1 Å². The molecule has 0 amide bonds. The molecule has 0 aliphatic carbocycles. The maximum absolute atomic E-state index is 12.2. The van der Waals surface area contributed by atoms with Gasteiger partial charge in [-0.25, -0.2) is 14.6 Å². The van der Waals surface area contributed by atoms with Crippen LogP contribution in [0.1, 0.15) is 18.1 Å². The van der Waals surface area contributed by atoms with Gasteiger partial charge in [-0.3, -0.25) is 10.1 Å². The predicted molar refractivity (Wildman–Crippen MR) is 109 cm³/mol. The molecule has 1 heterocycles. The minimum Gasteiger partial charge on any atom is -0.490 e. The third-order valence-corrected chi connectivity index (χ3v) is 4.07. The second kappa shape index (κ2) is 9.53. The third-order valence-electron chi connectivity index (χ3n) is 4.07. The molecule has 10 heteroatoms. The zero-order valence-corrected chi connectivity index (χ0v) is 16.7. The second-order valence-corrected chi connectivity index (χ2v) is 6.15. The van der Waals surface area contributed by atoms with Gasteiger partial charge in [-0.2, -0.15) is 0 Å². The smallest absolute Gasteiger partial charge is 0.363 e. The van der Waals surface area contributed by atoms with Gasteiger partial charge in [-0.1, -0.05) is 12.1 Å². The van der Waals surface area contributed by atoms with E-state index in [0.29, 0.717) is 29.2 Å². The Morgan fingerprint density at radius 2 is 2.00 bits per heavy atom. The number of carbonyl (C=O) groups excluding carboxylic acids is 2. The highest BCUT2D eigenvalue weighted by Crippen LogP contribution is 2.30. The van der Waals surface area contributed by atoms with Crippen molar-refractivity contribution in [1.82, 2.24) is 0 Å². The van der Waals surface area contributed by atoms with Gasteiger partial charge in [0.2, 0.25) is 5.90 Å². The van der Waals surface area contributed by atoms with E-state index in [1.807, 2.05) is 0 Å². The van der Waals surface area contributed by atoms with E-state index in [2.05, 4.69) is 9.73 Å². The second-order valence-electron chi connectivity index (χ2n) is 6.15. The number of methoxy groups -OCH3 is 1. The number of nitrogens with zero attached hydrogens (tertiary/aromatic N) is 2. The van der Waals surface area contributed by atoms with Crippen molar-refractivity contribution in [3.05, 3.63) is 69.4 Å². The molecule has 0 radical (unpaired) electrons. The summed E-state index contributed by atoms with van der Waals surface area (Å²) < 4.78 is 20.6. The first-order valence-electron chi connectivity index (χ1n) is 9.15. The van der Waals surface area contributed by atoms with Crippen molar-refractivity contribution in [1.29, 1.82) is 0 Å². The zero-order chi connectivity index (χ0) is 22.4. The van der Waals surface area contributed by atoms with Gasteiger partial charge < -0.3 is 18.9 Å². The summed E-state index contributed by atoms with van der Waals surface area (Å²) >= 11 is 0. The van der Waals surface area contributed by atoms with E-state index >= 15 is 0 Å². The van der Waals surface area contributed by atoms with Crippen LogP contribution in [-0.2, 0) is 19.1 Å².